The van der Waals surface area contributed by atoms with Crippen molar-refractivity contribution in [1.82, 2.24) is 15.5 Å². The van der Waals surface area contributed by atoms with E-state index in [4.69, 9.17) is 0 Å². The standard InChI is InChI=1S/C19H27N3O2.ClH/c23-17-10-4-5-12-22(17)18(16-8-2-1-3-9-16)19(24)21-14-15-7-6-11-20-13-15;/h1-3,8-9,15,18,20H,4-7,10-14H2,(H,21,24);1H. The molecule has 2 amide bonds. The number of halogens is 1. The highest BCUT2D eigenvalue weighted by Crippen LogP contribution is 2.26. The average molecular weight is 366 g/mol. The van der Waals surface area contributed by atoms with Crippen molar-refractivity contribution in [3.8, 4) is 0 Å². The van der Waals surface area contributed by atoms with Gasteiger partial charge in [0.1, 0.15) is 6.04 Å². The summed E-state index contributed by atoms with van der Waals surface area (Å²) in [4.78, 5) is 27.0. The second kappa shape index (κ2) is 9.78. The number of nitrogens with one attached hydrogen (secondary N) is 2. The van der Waals surface area contributed by atoms with Crippen molar-refractivity contribution in [3.63, 3.8) is 0 Å². The van der Waals surface area contributed by atoms with E-state index in [2.05, 4.69) is 10.6 Å². The minimum atomic E-state index is -0.504. The number of nitrogens with zero attached hydrogens (tertiary/aromatic N) is 1. The molecule has 0 bridgehead atoms. The van der Waals surface area contributed by atoms with Crippen LogP contribution in [0.25, 0.3) is 0 Å². The second-order valence-electron chi connectivity index (χ2n) is 6.81. The number of likely N-dealkylation sites (tertiary alicyclic amines) is 1. The van der Waals surface area contributed by atoms with Crippen LogP contribution in [0.2, 0.25) is 0 Å². The van der Waals surface area contributed by atoms with Gasteiger partial charge in [-0.05, 0) is 50.3 Å². The highest BCUT2D eigenvalue weighted by atomic mass is 35.5. The third kappa shape index (κ3) is 5.19. The van der Waals surface area contributed by atoms with E-state index in [-0.39, 0.29) is 24.2 Å². The smallest absolute Gasteiger partial charge is 0.247 e. The molecule has 0 radical (unpaired) electrons. The van der Waals surface area contributed by atoms with E-state index >= 15 is 0 Å². The van der Waals surface area contributed by atoms with Crippen LogP contribution in [0.4, 0.5) is 0 Å². The van der Waals surface area contributed by atoms with E-state index in [0.717, 1.165) is 44.3 Å². The normalized spacial score (nSPS) is 22.0. The number of hydrogen-bond acceptors (Lipinski definition) is 3. The van der Waals surface area contributed by atoms with E-state index in [0.29, 0.717) is 25.4 Å². The molecule has 2 saturated heterocycles. The zero-order valence-electron chi connectivity index (χ0n) is 14.6. The SMILES string of the molecule is Cl.O=C(NCC1CCCNC1)C(c1ccccc1)N1CCCCC1=O. The number of hydrogen-bond donors (Lipinski definition) is 2. The predicted octanol–water partition coefficient (Wildman–Crippen LogP) is 2.28. The molecule has 2 fully saturated rings. The Hall–Kier alpha value is -1.59. The lowest BCUT2D eigenvalue weighted by molar-refractivity contribution is -0.142. The van der Waals surface area contributed by atoms with Crippen LogP contribution < -0.4 is 10.6 Å². The fraction of sp³-hybridized carbons (Fsp3) is 0.579. The van der Waals surface area contributed by atoms with Gasteiger partial charge in [0.05, 0.1) is 0 Å². The Balaban J connectivity index is 0.00000225. The molecular weight excluding hydrogens is 338 g/mol. The van der Waals surface area contributed by atoms with Crippen LogP contribution in [-0.2, 0) is 9.59 Å². The highest BCUT2D eigenvalue weighted by molar-refractivity contribution is 5.89. The van der Waals surface area contributed by atoms with Crippen LogP contribution in [0.3, 0.4) is 0 Å². The van der Waals surface area contributed by atoms with Crippen molar-refractivity contribution in [2.24, 2.45) is 5.92 Å². The molecule has 2 N–H and O–H groups in total. The summed E-state index contributed by atoms with van der Waals surface area (Å²) in [5.74, 6) is 0.516. The van der Waals surface area contributed by atoms with Crippen molar-refractivity contribution in [1.29, 1.82) is 0 Å². The number of rotatable bonds is 5. The molecule has 2 aliphatic rings. The molecule has 1 aromatic rings. The van der Waals surface area contributed by atoms with Gasteiger partial charge in [-0.1, -0.05) is 30.3 Å². The van der Waals surface area contributed by atoms with Crippen LogP contribution in [0, 0.1) is 5.92 Å². The highest BCUT2D eigenvalue weighted by Gasteiger charge is 2.32. The summed E-state index contributed by atoms with van der Waals surface area (Å²) < 4.78 is 0. The van der Waals surface area contributed by atoms with Gasteiger partial charge in [0, 0.05) is 19.5 Å². The van der Waals surface area contributed by atoms with Gasteiger partial charge >= 0.3 is 0 Å². The summed E-state index contributed by atoms with van der Waals surface area (Å²) in [5, 5.41) is 6.47. The van der Waals surface area contributed by atoms with Crippen molar-refractivity contribution in [3.05, 3.63) is 35.9 Å². The van der Waals surface area contributed by atoms with Gasteiger partial charge in [-0.3, -0.25) is 9.59 Å². The Morgan fingerprint density at radius 1 is 1.24 bits per heavy atom. The number of piperidine rings is 2. The van der Waals surface area contributed by atoms with Gasteiger partial charge in [-0.15, -0.1) is 12.4 Å². The van der Waals surface area contributed by atoms with E-state index in [1.807, 2.05) is 30.3 Å². The topological polar surface area (TPSA) is 61.4 Å². The zero-order valence-corrected chi connectivity index (χ0v) is 15.4. The maximum Gasteiger partial charge on any atom is 0.247 e. The molecule has 0 saturated carbocycles. The van der Waals surface area contributed by atoms with Gasteiger partial charge in [0.25, 0.3) is 0 Å². The van der Waals surface area contributed by atoms with Crippen LogP contribution in [0.5, 0.6) is 0 Å². The Morgan fingerprint density at radius 3 is 2.72 bits per heavy atom. The molecule has 0 aliphatic carbocycles. The second-order valence-corrected chi connectivity index (χ2v) is 6.81. The molecule has 1 aromatic carbocycles. The zero-order chi connectivity index (χ0) is 16.8. The quantitative estimate of drug-likeness (QED) is 0.841. The molecule has 0 aromatic heterocycles. The molecule has 25 heavy (non-hydrogen) atoms. The lowest BCUT2D eigenvalue weighted by Gasteiger charge is -2.34. The van der Waals surface area contributed by atoms with Gasteiger partial charge in [-0.25, -0.2) is 0 Å². The Morgan fingerprint density at radius 2 is 2.04 bits per heavy atom. The number of benzene rings is 1. The summed E-state index contributed by atoms with van der Waals surface area (Å²) >= 11 is 0. The summed E-state index contributed by atoms with van der Waals surface area (Å²) in [6.45, 7) is 3.37. The minimum Gasteiger partial charge on any atom is -0.354 e. The maximum absolute atomic E-state index is 12.9. The molecule has 2 unspecified atom stereocenters. The largest absolute Gasteiger partial charge is 0.354 e. The minimum absolute atomic E-state index is 0. The molecule has 3 rings (SSSR count). The molecular formula is C19H28ClN3O2. The summed E-state index contributed by atoms with van der Waals surface area (Å²) in [5.41, 5.74) is 0.895. The Kier molecular flexibility index (Phi) is 7.72. The molecule has 2 aliphatic heterocycles. The van der Waals surface area contributed by atoms with Crippen molar-refractivity contribution in [2.75, 3.05) is 26.2 Å². The van der Waals surface area contributed by atoms with Crippen LogP contribution >= 0.6 is 12.4 Å². The van der Waals surface area contributed by atoms with Crippen molar-refractivity contribution < 1.29 is 9.59 Å². The van der Waals surface area contributed by atoms with Gasteiger partial charge in [-0.2, -0.15) is 0 Å². The first-order chi connectivity index (χ1) is 11.8. The van der Waals surface area contributed by atoms with E-state index in [9.17, 15) is 9.59 Å². The van der Waals surface area contributed by atoms with Crippen LogP contribution in [0.15, 0.2) is 30.3 Å². The summed E-state index contributed by atoms with van der Waals surface area (Å²) in [6.07, 6.45) is 4.74. The first-order valence-electron chi connectivity index (χ1n) is 9.08. The molecule has 2 heterocycles. The van der Waals surface area contributed by atoms with Gasteiger partial charge < -0.3 is 15.5 Å². The number of carbonyl (C=O) groups is 2. The summed E-state index contributed by atoms with van der Waals surface area (Å²) in [6, 6.07) is 9.16. The molecule has 2 atom stereocenters. The fourth-order valence-corrected chi connectivity index (χ4v) is 3.65. The average Bonchev–Trinajstić information content (AvgIpc) is 2.64. The lowest BCUT2D eigenvalue weighted by atomic mass is 9.98. The lowest BCUT2D eigenvalue weighted by Crippen LogP contribution is -2.47. The maximum atomic E-state index is 12.9. The monoisotopic (exact) mass is 365 g/mol. The molecule has 138 valence electrons. The van der Waals surface area contributed by atoms with E-state index < -0.39 is 6.04 Å². The van der Waals surface area contributed by atoms with Crippen molar-refractivity contribution >= 4 is 24.2 Å². The Bertz CT molecular complexity index is 561. The van der Waals surface area contributed by atoms with E-state index in [1.54, 1.807) is 4.90 Å². The van der Waals surface area contributed by atoms with Crippen molar-refractivity contribution in [2.45, 2.75) is 38.1 Å². The van der Waals surface area contributed by atoms with Gasteiger partial charge in [0.2, 0.25) is 11.8 Å². The molecule has 5 nitrogen and oxygen atoms in total. The van der Waals surface area contributed by atoms with Crippen LogP contribution in [0.1, 0.15) is 43.7 Å². The first kappa shape index (κ1) is 19.7. The summed E-state index contributed by atoms with van der Waals surface area (Å²) in [7, 11) is 0. The van der Waals surface area contributed by atoms with Crippen LogP contribution in [-0.4, -0.2) is 42.9 Å². The Labute approximate surface area is 155 Å². The van der Waals surface area contributed by atoms with Gasteiger partial charge in [0.15, 0.2) is 0 Å². The first-order valence-corrected chi connectivity index (χ1v) is 9.08. The third-order valence-electron chi connectivity index (χ3n) is 5.00. The fourth-order valence-electron chi connectivity index (χ4n) is 3.65. The third-order valence-corrected chi connectivity index (χ3v) is 5.00. The molecule has 6 heteroatoms. The number of amides is 2. The van der Waals surface area contributed by atoms with E-state index in [1.165, 1.54) is 0 Å². The predicted molar refractivity (Wildman–Crippen MR) is 101 cm³/mol. The molecule has 0 spiro atoms. The number of carbonyl (C=O) groups excluding carboxylic acids is 2.